The minimum absolute atomic E-state index is 0.0561. The molecule has 0 radical (unpaired) electrons. The van der Waals surface area contributed by atoms with Gasteiger partial charge in [0.1, 0.15) is 0 Å². The second kappa shape index (κ2) is 6.19. The van der Waals surface area contributed by atoms with Crippen LogP contribution in [0.3, 0.4) is 0 Å². The number of hydrogen-bond donors (Lipinski definition) is 2. The van der Waals surface area contributed by atoms with E-state index in [1.807, 2.05) is 0 Å². The van der Waals surface area contributed by atoms with Gasteiger partial charge >= 0.3 is 5.97 Å². The molecule has 1 aliphatic heterocycles. The topological polar surface area (TPSA) is 77.8 Å². The molecule has 5 nitrogen and oxygen atoms in total. The van der Waals surface area contributed by atoms with Crippen molar-refractivity contribution in [1.82, 2.24) is 4.90 Å². The summed E-state index contributed by atoms with van der Waals surface area (Å²) in [4.78, 5) is 25.2. The first kappa shape index (κ1) is 14.7. The van der Waals surface area contributed by atoms with E-state index in [4.69, 9.17) is 5.11 Å². The Bertz CT molecular complexity index is 535. The highest BCUT2D eigenvalue weighted by atomic mass is 32.1. The first-order valence-electron chi connectivity index (χ1n) is 6.44. The van der Waals surface area contributed by atoms with E-state index in [2.05, 4.69) is 0 Å². The van der Waals surface area contributed by atoms with E-state index in [-0.39, 0.29) is 11.8 Å². The van der Waals surface area contributed by atoms with Crippen molar-refractivity contribution in [2.45, 2.75) is 19.4 Å². The largest absolute Gasteiger partial charge is 0.478 e. The van der Waals surface area contributed by atoms with E-state index >= 15 is 0 Å². The van der Waals surface area contributed by atoms with Crippen LogP contribution in [0.2, 0.25) is 0 Å². The number of aliphatic hydroxyl groups is 1. The molecule has 1 amide bonds. The molecule has 1 saturated heterocycles. The lowest BCUT2D eigenvalue weighted by Gasteiger charge is -2.17. The standard InChI is InChI=1S/C14H17NO4S/c1-9(16)10-4-5-15(7-10)14(19)11-6-12(20-8-11)2-3-13(17)18/h2-3,6,8-10,16H,4-5,7H2,1H3,(H,17,18)/b3-2+. The van der Waals surface area contributed by atoms with Gasteiger partial charge in [0.05, 0.1) is 11.7 Å². The zero-order valence-electron chi connectivity index (χ0n) is 11.2. The van der Waals surface area contributed by atoms with E-state index in [0.717, 1.165) is 17.4 Å². The third-order valence-electron chi connectivity index (χ3n) is 3.45. The van der Waals surface area contributed by atoms with Crippen molar-refractivity contribution in [3.8, 4) is 0 Å². The lowest BCUT2D eigenvalue weighted by molar-refractivity contribution is -0.131. The smallest absolute Gasteiger partial charge is 0.328 e. The lowest BCUT2D eigenvalue weighted by Crippen LogP contribution is -2.30. The number of likely N-dealkylation sites (tertiary alicyclic amines) is 1. The van der Waals surface area contributed by atoms with Crippen molar-refractivity contribution in [3.05, 3.63) is 28.0 Å². The molecule has 2 N–H and O–H groups in total. The fourth-order valence-electron chi connectivity index (χ4n) is 2.25. The van der Waals surface area contributed by atoms with Crippen molar-refractivity contribution >= 4 is 29.3 Å². The van der Waals surface area contributed by atoms with Gasteiger partial charge in [-0.15, -0.1) is 11.3 Å². The molecule has 0 aliphatic carbocycles. The van der Waals surface area contributed by atoms with Gasteiger partial charge in [-0.05, 0) is 25.5 Å². The second-order valence-corrected chi connectivity index (χ2v) is 5.89. The average Bonchev–Trinajstić information content (AvgIpc) is 3.05. The van der Waals surface area contributed by atoms with Crippen LogP contribution in [0.5, 0.6) is 0 Å². The van der Waals surface area contributed by atoms with E-state index < -0.39 is 12.1 Å². The Balaban J connectivity index is 2.02. The summed E-state index contributed by atoms with van der Waals surface area (Å²) in [6, 6.07) is 1.70. The number of carbonyl (C=O) groups excluding carboxylic acids is 1. The molecule has 0 spiro atoms. The van der Waals surface area contributed by atoms with Gasteiger partial charge in [-0.1, -0.05) is 0 Å². The lowest BCUT2D eigenvalue weighted by atomic mass is 10.0. The minimum Gasteiger partial charge on any atom is -0.478 e. The Hall–Kier alpha value is -1.66. The van der Waals surface area contributed by atoms with Crippen LogP contribution in [0.1, 0.15) is 28.6 Å². The summed E-state index contributed by atoms with van der Waals surface area (Å²) >= 11 is 1.34. The molecule has 0 aromatic carbocycles. The van der Waals surface area contributed by atoms with Gasteiger partial charge in [-0.3, -0.25) is 4.79 Å². The number of thiophene rings is 1. The molecule has 2 rings (SSSR count). The summed E-state index contributed by atoms with van der Waals surface area (Å²) in [5.41, 5.74) is 0.575. The molecule has 1 fully saturated rings. The normalized spacial score (nSPS) is 20.5. The highest BCUT2D eigenvalue weighted by molar-refractivity contribution is 7.11. The molecule has 0 saturated carbocycles. The fraction of sp³-hybridized carbons (Fsp3) is 0.429. The maximum Gasteiger partial charge on any atom is 0.328 e. The number of carbonyl (C=O) groups is 2. The molecule has 1 aromatic heterocycles. The zero-order chi connectivity index (χ0) is 14.7. The van der Waals surface area contributed by atoms with Crippen molar-refractivity contribution < 1.29 is 19.8 Å². The molecule has 2 atom stereocenters. The number of hydrogen-bond acceptors (Lipinski definition) is 4. The summed E-state index contributed by atoms with van der Waals surface area (Å²) in [5, 5.41) is 19.8. The Morgan fingerprint density at radius 2 is 2.30 bits per heavy atom. The molecule has 1 aromatic rings. The summed E-state index contributed by atoms with van der Waals surface area (Å²) in [6.07, 6.45) is 2.95. The van der Waals surface area contributed by atoms with E-state index in [0.29, 0.717) is 18.7 Å². The number of aliphatic hydroxyl groups excluding tert-OH is 1. The third-order valence-corrected chi connectivity index (χ3v) is 4.35. The molecule has 6 heteroatoms. The zero-order valence-corrected chi connectivity index (χ0v) is 12.0. The van der Waals surface area contributed by atoms with Gasteiger partial charge in [0.15, 0.2) is 0 Å². The number of carboxylic acid groups (broad SMARTS) is 1. The highest BCUT2D eigenvalue weighted by Crippen LogP contribution is 2.24. The molecule has 0 bridgehead atoms. The molecular weight excluding hydrogens is 278 g/mol. The van der Waals surface area contributed by atoms with Crippen LogP contribution < -0.4 is 0 Å². The van der Waals surface area contributed by atoms with E-state index in [1.165, 1.54) is 17.4 Å². The minimum atomic E-state index is -1.01. The van der Waals surface area contributed by atoms with Gasteiger partial charge in [0.2, 0.25) is 0 Å². The summed E-state index contributed by atoms with van der Waals surface area (Å²) < 4.78 is 0. The maximum atomic E-state index is 12.3. The van der Waals surface area contributed by atoms with Gasteiger partial charge in [-0.25, -0.2) is 4.79 Å². The van der Waals surface area contributed by atoms with Crippen LogP contribution in [-0.4, -0.2) is 46.2 Å². The Kier molecular flexibility index (Phi) is 4.57. The van der Waals surface area contributed by atoms with E-state index in [1.54, 1.807) is 23.3 Å². The van der Waals surface area contributed by atoms with Crippen molar-refractivity contribution in [3.63, 3.8) is 0 Å². The average molecular weight is 295 g/mol. The highest BCUT2D eigenvalue weighted by Gasteiger charge is 2.29. The molecular formula is C14H17NO4S. The molecule has 2 heterocycles. The number of aliphatic carboxylic acids is 1. The van der Waals surface area contributed by atoms with E-state index in [9.17, 15) is 14.7 Å². The van der Waals surface area contributed by atoms with Gasteiger partial charge in [0.25, 0.3) is 5.91 Å². The molecule has 108 valence electrons. The van der Waals surface area contributed by atoms with Crippen LogP contribution in [-0.2, 0) is 4.79 Å². The van der Waals surface area contributed by atoms with Crippen molar-refractivity contribution in [2.24, 2.45) is 5.92 Å². The van der Waals surface area contributed by atoms with Crippen LogP contribution >= 0.6 is 11.3 Å². The SMILES string of the molecule is CC(O)C1CCN(C(=O)c2csc(/C=C/C(=O)O)c2)C1. The summed E-state index contributed by atoms with van der Waals surface area (Å²) in [7, 11) is 0. The number of carboxylic acids is 1. The maximum absolute atomic E-state index is 12.3. The summed E-state index contributed by atoms with van der Waals surface area (Å²) in [6.45, 7) is 2.98. The molecule has 20 heavy (non-hydrogen) atoms. The van der Waals surface area contributed by atoms with Crippen molar-refractivity contribution in [2.75, 3.05) is 13.1 Å². The van der Waals surface area contributed by atoms with Crippen LogP contribution in [0.15, 0.2) is 17.5 Å². The quantitative estimate of drug-likeness (QED) is 0.829. The van der Waals surface area contributed by atoms with Crippen LogP contribution in [0.4, 0.5) is 0 Å². The van der Waals surface area contributed by atoms with Crippen LogP contribution in [0.25, 0.3) is 6.08 Å². The predicted molar refractivity (Wildman–Crippen MR) is 76.7 cm³/mol. The van der Waals surface area contributed by atoms with Gasteiger partial charge < -0.3 is 15.1 Å². The van der Waals surface area contributed by atoms with Crippen molar-refractivity contribution in [1.29, 1.82) is 0 Å². The molecule has 1 aliphatic rings. The number of nitrogens with zero attached hydrogens (tertiary/aromatic N) is 1. The first-order chi connectivity index (χ1) is 9.47. The Labute approximate surface area is 121 Å². The Morgan fingerprint density at radius 1 is 1.55 bits per heavy atom. The summed E-state index contributed by atoms with van der Waals surface area (Å²) in [5.74, 6) is -0.922. The first-order valence-corrected chi connectivity index (χ1v) is 7.32. The van der Waals surface area contributed by atoms with Crippen LogP contribution in [0, 0.1) is 5.92 Å². The third kappa shape index (κ3) is 3.46. The van der Waals surface area contributed by atoms with Gasteiger partial charge in [0, 0.05) is 35.3 Å². The van der Waals surface area contributed by atoms with Gasteiger partial charge in [-0.2, -0.15) is 0 Å². The monoisotopic (exact) mass is 295 g/mol. The Morgan fingerprint density at radius 3 is 2.90 bits per heavy atom. The predicted octanol–water partition coefficient (Wildman–Crippen LogP) is 1.69. The number of rotatable bonds is 4. The second-order valence-electron chi connectivity index (χ2n) is 4.95. The fourth-order valence-corrected chi connectivity index (χ4v) is 3.03. The molecule has 2 unspecified atom stereocenters. The number of amides is 1.